The summed E-state index contributed by atoms with van der Waals surface area (Å²) in [4.78, 5) is 0. The van der Waals surface area contributed by atoms with Gasteiger partial charge in [0.25, 0.3) is 0 Å². The molecule has 0 aromatic heterocycles. The molecule has 0 aliphatic heterocycles. The molecule has 1 atom stereocenters. The summed E-state index contributed by atoms with van der Waals surface area (Å²) in [6.07, 6.45) is 7.17. The van der Waals surface area contributed by atoms with Gasteiger partial charge < -0.3 is 9.84 Å². The van der Waals surface area contributed by atoms with Crippen molar-refractivity contribution in [3.63, 3.8) is 0 Å². The lowest BCUT2D eigenvalue weighted by molar-refractivity contribution is -0.128. The smallest absolute Gasteiger partial charge is 0.0943 e. The molecule has 1 aromatic carbocycles. The Kier molecular flexibility index (Phi) is 5.62. The molecular formula is C18H28O2. The highest BCUT2D eigenvalue weighted by molar-refractivity contribution is 5.22. The van der Waals surface area contributed by atoms with E-state index in [0.717, 1.165) is 12.8 Å². The maximum atomic E-state index is 10.8. The zero-order valence-corrected chi connectivity index (χ0v) is 12.9. The van der Waals surface area contributed by atoms with Crippen molar-refractivity contribution < 1.29 is 9.84 Å². The van der Waals surface area contributed by atoms with Crippen molar-refractivity contribution in [1.29, 1.82) is 0 Å². The normalized spacial score (nSPS) is 20.4. The van der Waals surface area contributed by atoms with Gasteiger partial charge in [-0.3, -0.25) is 0 Å². The van der Waals surface area contributed by atoms with Gasteiger partial charge >= 0.3 is 0 Å². The fraction of sp³-hybridized carbons (Fsp3) is 0.667. The van der Waals surface area contributed by atoms with Crippen LogP contribution >= 0.6 is 0 Å². The number of hydrogen-bond donors (Lipinski definition) is 1. The van der Waals surface area contributed by atoms with Crippen molar-refractivity contribution in [3.8, 4) is 0 Å². The molecule has 1 unspecified atom stereocenters. The second-order valence-electron chi connectivity index (χ2n) is 6.12. The van der Waals surface area contributed by atoms with E-state index in [0.29, 0.717) is 13.0 Å². The van der Waals surface area contributed by atoms with Gasteiger partial charge in [-0.25, -0.2) is 0 Å². The van der Waals surface area contributed by atoms with Gasteiger partial charge in [0, 0.05) is 13.0 Å². The summed E-state index contributed by atoms with van der Waals surface area (Å²) in [5.41, 5.74) is 2.14. The third-order valence-corrected chi connectivity index (χ3v) is 4.54. The van der Waals surface area contributed by atoms with Crippen LogP contribution in [0, 0.1) is 6.92 Å². The Bertz CT molecular complexity index is 388. The average Bonchev–Trinajstić information content (AvgIpc) is 2.68. The van der Waals surface area contributed by atoms with E-state index in [-0.39, 0.29) is 5.60 Å². The van der Waals surface area contributed by atoms with E-state index in [1.807, 2.05) is 6.92 Å². The number of rotatable bonds is 5. The summed E-state index contributed by atoms with van der Waals surface area (Å²) >= 11 is 0. The molecule has 1 fully saturated rings. The van der Waals surface area contributed by atoms with Gasteiger partial charge in [0.2, 0.25) is 0 Å². The number of aliphatic hydroxyl groups excluding tert-OH is 1. The van der Waals surface area contributed by atoms with Crippen LogP contribution in [-0.2, 0) is 11.2 Å². The highest BCUT2D eigenvalue weighted by Crippen LogP contribution is 2.34. The summed E-state index contributed by atoms with van der Waals surface area (Å²) in [7, 11) is 0. The first-order valence-electron chi connectivity index (χ1n) is 8.04. The lowest BCUT2D eigenvalue weighted by atomic mass is 9.84. The molecule has 2 nitrogen and oxygen atoms in total. The topological polar surface area (TPSA) is 29.5 Å². The van der Waals surface area contributed by atoms with E-state index in [1.54, 1.807) is 0 Å². The molecule has 1 N–H and O–H groups in total. The second kappa shape index (κ2) is 7.24. The van der Waals surface area contributed by atoms with Gasteiger partial charge in [-0.2, -0.15) is 0 Å². The Morgan fingerprint density at radius 2 is 1.70 bits per heavy atom. The van der Waals surface area contributed by atoms with Crippen molar-refractivity contribution in [3.05, 3.63) is 35.4 Å². The fourth-order valence-electron chi connectivity index (χ4n) is 3.32. The van der Waals surface area contributed by atoms with Crippen LogP contribution in [0.1, 0.15) is 56.6 Å². The van der Waals surface area contributed by atoms with E-state index >= 15 is 0 Å². The molecule has 112 valence electrons. The predicted molar refractivity (Wildman–Crippen MR) is 82.9 cm³/mol. The molecule has 0 amide bonds. The standard InChI is InChI=1S/C18H28O2/c1-3-20-18(12-6-4-5-7-13-18)17(19)14-16-10-8-15(2)9-11-16/h8-11,17,19H,3-7,12-14H2,1-2H3. The lowest BCUT2D eigenvalue weighted by Gasteiger charge is -2.37. The van der Waals surface area contributed by atoms with Crippen LogP contribution in [0.5, 0.6) is 0 Å². The Labute approximate surface area is 123 Å². The number of aryl methyl sites for hydroxylation is 1. The SMILES string of the molecule is CCOC1(C(O)Cc2ccc(C)cc2)CCCCCC1. The average molecular weight is 276 g/mol. The first-order chi connectivity index (χ1) is 9.66. The molecule has 2 heteroatoms. The van der Waals surface area contributed by atoms with Gasteiger partial charge in [-0.05, 0) is 32.3 Å². The van der Waals surface area contributed by atoms with Crippen molar-refractivity contribution in [2.75, 3.05) is 6.61 Å². The molecule has 0 bridgehead atoms. The monoisotopic (exact) mass is 276 g/mol. The van der Waals surface area contributed by atoms with Crippen LogP contribution in [0.25, 0.3) is 0 Å². The highest BCUT2D eigenvalue weighted by Gasteiger charge is 2.38. The highest BCUT2D eigenvalue weighted by atomic mass is 16.5. The number of ether oxygens (including phenoxy) is 1. The van der Waals surface area contributed by atoms with E-state index in [9.17, 15) is 5.11 Å². The predicted octanol–water partition coefficient (Wildman–Crippen LogP) is 4.03. The van der Waals surface area contributed by atoms with Crippen LogP contribution in [0.4, 0.5) is 0 Å². The first kappa shape index (κ1) is 15.5. The van der Waals surface area contributed by atoms with Gasteiger partial charge in [0.15, 0.2) is 0 Å². The van der Waals surface area contributed by atoms with Gasteiger partial charge in [-0.15, -0.1) is 0 Å². The maximum absolute atomic E-state index is 10.8. The third kappa shape index (κ3) is 3.83. The molecule has 0 spiro atoms. The van der Waals surface area contributed by atoms with E-state index in [2.05, 4.69) is 31.2 Å². The minimum Gasteiger partial charge on any atom is -0.390 e. The van der Waals surface area contributed by atoms with E-state index in [1.165, 1.54) is 36.8 Å². The molecule has 2 rings (SSSR count). The molecule has 1 saturated carbocycles. The second-order valence-corrected chi connectivity index (χ2v) is 6.12. The molecular weight excluding hydrogens is 248 g/mol. The number of benzene rings is 1. The van der Waals surface area contributed by atoms with Crippen LogP contribution in [0.3, 0.4) is 0 Å². The Hall–Kier alpha value is -0.860. The van der Waals surface area contributed by atoms with Crippen molar-refractivity contribution in [2.45, 2.75) is 70.5 Å². The molecule has 0 radical (unpaired) electrons. The zero-order chi connectivity index (χ0) is 14.4. The summed E-state index contributed by atoms with van der Waals surface area (Å²) in [5.74, 6) is 0. The molecule has 20 heavy (non-hydrogen) atoms. The molecule has 1 aliphatic carbocycles. The van der Waals surface area contributed by atoms with E-state index in [4.69, 9.17) is 4.74 Å². The third-order valence-electron chi connectivity index (χ3n) is 4.54. The minimum absolute atomic E-state index is 0.323. The summed E-state index contributed by atoms with van der Waals surface area (Å²) in [5, 5.41) is 10.8. The van der Waals surface area contributed by atoms with E-state index < -0.39 is 6.10 Å². The van der Waals surface area contributed by atoms with Crippen molar-refractivity contribution >= 4 is 0 Å². The molecule has 1 aromatic rings. The van der Waals surface area contributed by atoms with Crippen LogP contribution in [0.2, 0.25) is 0 Å². The summed E-state index contributed by atoms with van der Waals surface area (Å²) < 4.78 is 6.06. The molecule has 0 saturated heterocycles. The first-order valence-corrected chi connectivity index (χ1v) is 8.04. The van der Waals surface area contributed by atoms with Gasteiger partial charge in [-0.1, -0.05) is 55.5 Å². The van der Waals surface area contributed by atoms with Crippen LogP contribution in [0.15, 0.2) is 24.3 Å². The molecule has 1 aliphatic rings. The summed E-state index contributed by atoms with van der Waals surface area (Å²) in [6, 6.07) is 8.47. The lowest BCUT2D eigenvalue weighted by Crippen LogP contribution is -2.46. The zero-order valence-electron chi connectivity index (χ0n) is 12.9. The fourth-order valence-corrected chi connectivity index (χ4v) is 3.32. The molecule has 0 heterocycles. The Morgan fingerprint density at radius 3 is 2.25 bits per heavy atom. The Balaban J connectivity index is 2.09. The quantitative estimate of drug-likeness (QED) is 0.823. The van der Waals surface area contributed by atoms with Gasteiger partial charge in [0.05, 0.1) is 11.7 Å². The summed E-state index contributed by atoms with van der Waals surface area (Å²) in [6.45, 7) is 4.81. The number of hydrogen-bond acceptors (Lipinski definition) is 2. The maximum Gasteiger partial charge on any atom is 0.0943 e. The van der Waals surface area contributed by atoms with Crippen LogP contribution < -0.4 is 0 Å². The largest absolute Gasteiger partial charge is 0.390 e. The van der Waals surface area contributed by atoms with Gasteiger partial charge in [0.1, 0.15) is 0 Å². The number of aliphatic hydroxyl groups is 1. The van der Waals surface area contributed by atoms with Crippen molar-refractivity contribution in [1.82, 2.24) is 0 Å². The minimum atomic E-state index is -0.400. The Morgan fingerprint density at radius 1 is 1.10 bits per heavy atom. The van der Waals surface area contributed by atoms with Crippen molar-refractivity contribution in [2.24, 2.45) is 0 Å². The van der Waals surface area contributed by atoms with Crippen LogP contribution in [-0.4, -0.2) is 23.4 Å².